The molecule has 1 aromatic rings. The van der Waals surface area contributed by atoms with E-state index in [0.717, 1.165) is 5.56 Å². The third-order valence-electron chi connectivity index (χ3n) is 3.52. The number of nitrogens with zero attached hydrogens (tertiary/aromatic N) is 1. The number of aromatic hydroxyl groups is 1. The number of piperidine rings is 1. The van der Waals surface area contributed by atoms with Crippen LogP contribution < -0.4 is 0 Å². The molecule has 2 rings (SSSR count). The van der Waals surface area contributed by atoms with Crippen molar-refractivity contribution in [3.05, 3.63) is 29.3 Å². The molecule has 1 heterocycles. The number of carbonyl (C=O) groups is 2. The summed E-state index contributed by atoms with van der Waals surface area (Å²) >= 11 is 0. The summed E-state index contributed by atoms with van der Waals surface area (Å²) in [5.74, 6) is -1.42. The summed E-state index contributed by atoms with van der Waals surface area (Å²) in [6.07, 6.45) is 0.932. The van der Waals surface area contributed by atoms with E-state index < -0.39 is 5.97 Å². The van der Waals surface area contributed by atoms with Crippen molar-refractivity contribution >= 4 is 11.9 Å². The number of carbonyl (C=O) groups excluding carboxylic acids is 1. The average Bonchev–Trinajstić information content (AvgIpc) is 2.38. The van der Waals surface area contributed by atoms with E-state index in [-0.39, 0.29) is 23.1 Å². The van der Waals surface area contributed by atoms with Crippen molar-refractivity contribution in [1.29, 1.82) is 0 Å². The second-order valence-electron chi connectivity index (χ2n) is 4.93. The molecular weight excluding hydrogens is 246 g/mol. The van der Waals surface area contributed by atoms with Gasteiger partial charge >= 0.3 is 5.97 Å². The van der Waals surface area contributed by atoms with Gasteiger partial charge in [0.1, 0.15) is 5.75 Å². The molecule has 19 heavy (non-hydrogen) atoms. The Balaban J connectivity index is 2.07. The van der Waals surface area contributed by atoms with E-state index in [9.17, 15) is 14.7 Å². The lowest BCUT2D eigenvalue weighted by molar-refractivity contribution is -0.143. The molecule has 5 heteroatoms. The van der Waals surface area contributed by atoms with Crippen molar-refractivity contribution in [3.8, 4) is 5.75 Å². The number of amides is 1. The highest BCUT2D eigenvalue weighted by Gasteiger charge is 2.28. The average molecular weight is 263 g/mol. The number of phenolic OH excluding ortho intramolecular Hbond substituents is 1. The van der Waals surface area contributed by atoms with Crippen molar-refractivity contribution in [1.82, 2.24) is 4.90 Å². The van der Waals surface area contributed by atoms with Crippen molar-refractivity contribution in [3.63, 3.8) is 0 Å². The maximum atomic E-state index is 12.2. The highest BCUT2D eigenvalue weighted by Crippen LogP contribution is 2.24. The third-order valence-corrected chi connectivity index (χ3v) is 3.52. The van der Waals surface area contributed by atoms with Crippen LogP contribution in [-0.4, -0.2) is 40.1 Å². The smallest absolute Gasteiger partial charge is 0.306 e. The number of hydrogen-bond donors (Lipinski definition) is 2. The zero-order chi connectivity index (χ0) is 14.0. The van der Waals surface area contributed by atoms with E-state index in [0.29, 0.717) is 25.9 Å². The van der Waals surface area contributed by atoms with E-state index in [2.05, 4.69) is 0 Å². The number of rotatable bonds is 2. The number of carboxylic acid groups (broad SMARTS) is 1. The van der Waals surface area contributed by atoms with Crippen molar-refractivity contribution < 1.29 is 19.8 Å². The van der Waals surface area contributed by atoms with Crippen LogP contribution in [0.25, 0.3) is 0 Å². The fourth-order valence-electron chi connectivity index (χ4n) is 2.32. The van der Waals surface area contributed by atoms with E-state index >= 15 is 0 Å². The lowest BCUT2D eigenvalue weighted by atomic mass is 9.96. The lowest BCUT2D eigenvalue weighted by Gasteiger charge is -2.30. The van der Waals surface area contributed by atoms with Gasteiger partial charge in [0.05, 0.1) is 11.5 Å². The minimum absolute atomic E-state index is 0.0228. The quantitative estimate of drug-likeness (QED) is 0.850. The van der Waals surface area contributed by atoms with Gasteiger partial charge in [0.15, 0.2) is 0 Å². The summed E-state index contributed by atoms with van der Waals surface area (Å²) in [6.45, 7) is 2.68. The minimum Gasteiger partial charge on any atom is -0.507 e. The number of hydrogen-bond acceptors (Lipinski definition) is 3. The Bertz CT molecular complexity index is 504. The van der Waals surface area contributed by atoms with Gasteiger partial charge in [-0.3, -0.25) is 9.59 Å². The maximum Gasteiger partial charge on any atom is 0.306 e. The maximum absolute atomic E-state index is 12.2. The molecule has 1 saturated heterocycles. The van der Waals surface area contributed by atoms with Crippen LogP contribution in [0.5, 0.6) is 5.75 Å². The number of benzene rings is 1. The first-order chi connectivity index (χ1) is 8.99. The van der Waals surface area contributed by atoms with Gasteiger partial charge in [0.2, 0.25) is 0 Å². The fraction of sp³-hybridized carbons (Fsp3) is 0.429. The van der Waals surface area contributed by atoms with E-state index in [1.165, 1.54) is 0 Å². The molecule has 0 aromatic heterocycles. The summed E-state index contributed by atoms with van der Waals surface area (Å²) in [5.41, 5.74) is 1.16. The molecule has 0 radical (unpaired) electrons. The number of carboxylic acids is 1. The molecule has 102 valence electrons. The van der Waals surface area contributed by atoms with Crippen LogP contribution >= 0.6 is 0 Å². The molecule has 1 aromatic carbocycles. The normalized spacial score (nSPS) is 16.4. The molecule has 0 unspecified atom stereocenters. The third kappa shape index (κ3) is 2.86. The second kappa shape index (κ2) is 5.30. The van der Waals surface area contributed by atoms with Gasteiger partial charge in [0, 0.05) is 13.1 Å². The standard InChI is InChI=1S/C14H17NO4/c1-9-2-3-11(12(16)8-9)13(17)15-6-4-10(5-7-15)14(18)19/h2-3,8,10,16H,4-7H2,1H3,(H,18,19). The van der Waals surface area contributed by atoms with E-state index in [1.807, 2.05) is 6.92 Å². The van der Waals surface area contributed by atoms with Gasteiger partial charge in [-0.1, -0.05) is 6.07 Å². The Morgan fingerprint density at radius 3 is 2.42 bits per heavy atom. The number of aryl methyl sites for hydroxylation is 1. The molecule has 0 atom stereocenters. The first-order valence-corrected chi connectivity index (χ1v) is 6.30. The molecule has 0 spiro atoms. The van der Waals surface area contributed by atoms with Gasteiger partial charge in [-0.15, -0.1) is 0 Å². The van der Waals surface area contributed by atoms with Gasteiger partial charge in [-0.05, 0) is 37.5 Å². The SMILES string of the molecule is Cc1ccc(C(=O)N2CCC(C(=O)O)CC2)c(O)c1. The molecule has 0 aliphatic carbocycles. The Morgan fingerprint density at radius 1 is 1.26 bits per heavy atom. The zero-order valence-electron chi connectivity index (χ0n) is 10.8. The predicted octanol–water partition coefficient (Wildman–Crippen LogP) is 1.64. The molecule has 1 fully saturated rings. The molecule has 1 aliphatic heterocycles. The van der Waals surface area contributed by atoms with Crippen LogP contribution in [-0.2, 0) is 4.79 Å². The summed E-state index contributed by atoms with van der Waals surface area (Å²) in [4.78, 5) is 24.7. The number of phenols is 1. The molecule has 5 nitrogen and oxygen atoms in total. The summed E-state index contributed by atoms with van der Waals surface area (Å²) < 4.78 is 0. The van der Waals surface area contributed by atoms with Crippen molar-refractivity contribution in [2.75, 3.05) is 13.1 Å². The van der Waals surface area contributed by atoms with Crippen molar-refractivity contribution in [2.24, 2.45) is 5.92 Å². The van der Waals surface area contributed by atoms with Crippen LogP contribution in [0.1, 0.15) is 28.8 Å². The minimum atomic E-state index is -0.801. The van der Waals surface area contributed by atoms with Crippen LogP contribution in [0, 0.1) is 12.8 Å². The molecule has 0 saturated carbocycles. The van der Waals surface area contributed by atoms with Crippen LogP contribution in [0.2, 0.25) is 0 Å². The Kier molecular flexibility index (Phi) is 3.74. The van der Waals surface area contributed by atoms with Crippen molar-refractivity contribution in [2.45, 2.75) is 19.8 Å². The summed E-state index contributed by atoms with van der Waals surface area (Å²) in [5, 5.41) is 18.7. The van der Waals surface area contributed by atoms with Crippen LogP contribution in [0.4, 0.5) is 0 Å². The first kappa shape index (κ1) is 13.4. The molecule has 0 bridgehead atoms. The molecule has 1 aliphatic rings. The largest absolute Gasteiger partial charge is 0.507 e. The predicted molar refractivity (Wildman–Crippen MR) is 69.1 cm³/mol. The van der Waals surface area contributed by atoms with E-state index in [4.69, 9.17) is 5.11 Å². The van der Waals surface area contributed by atoms with Gasteiger partial charge in [-0.2, -0.15) is 0 Å². The van der Waals surface area contributed by atoms with Gasteiger partial charge in [-0.25, -0.2) is 0 Å². The van der Waals surface area contributed by atoms with Gasteiger partial charge in [0.25, 0.3) is 5.91 Å². The monoisotopic (exact) mass is 263 g/mol. The molecule has 1 amide bonds. The molecule has 2 N–H and O–H groups in total. The summed E-state index contributed by atoms with van der Waals surface area (Å²) in [7, 11) is 0. The fourth-order valence-corrected chi connectivity index (χ4v) is 2.32. The topological polar surface area (TPSA) is 77.8 Å². The van der Waals surface area contributed by atoms with E-state index in [1.54, 1.807) is 23.1 Å². The summed E-state index contributed by atoms with van der Waals surface area (Å²) in [6, 6.07) is 4.93. The number of aliphatic carboxylic acids is 1. The second-order valence-corrected chi connectivity index (χ2v) is 4.93. The van der Waals surface area contributed by atoms with Crippen LogP contribution in [0.3, 0.4) is 0 Å². The van der Waals surface area contributed by atoms with Crippen LogP contribution in [0.15, 0.2) is 18.2 Å². The Hall–Kier alpha value is -2.04. The highest BCUT2D eigenvalue weighted by atomic mass is 16.4. The van der Waals surface area contributed by atoms with Gasteiger partial charge < -0.3 is 15.1 Å². The first-order valence-electron chi connectivity index (χ1n) is 6.30. The Labute approximate surface area is 111 Å². The zero-order valence-corrected chi connectivity index (χ0v) is 10.8. The lowest BCUT2D eigenvalue weighted by Crippen LogP contribution is -2.40. The Morgan fingerprint density at radius 2 is 1.89 bits per heavy atom. The highest BCUT2D eigenvalue weighted by molar-refractivity contribution is 5.97. The molecular formula is C14H17NO4. The number of likely N-dealkylation sites (tertiary alicyclic amines) is 1.